The summed E-state index contributed by atoms with van der Waals surface area (Å²) in [5, 5.41) is 13.0. The number of aliphatic hydroxyl groups is 1. The van der Waals surface area contributed by atoms with Gasteiger partial charge in [-0.05, 0) is 57.7 Å². The number of hydrogen-bond acceptors (Lipinski definition) is 8. The summed E-state index contributed by atoms with van der Waals surface area (Å²) in [5.74, 6) is 2.94. The molecule has 0 bridgehead atoms. The molecular formula is C28H39N5O4. The minimum Gasteiger partial charge on any atom is -0.491 e. The number of hydrogen-bond donors (Lipinski definition) is 2. The molecule has 1 unspecified atom stereocenters. The molecule has 3 fully saturated rings. The monoisotopic (exact) mass is 509 g/mol. The molecule has 2 aromatic rings. The van der Waals surface area contributed by atoms with E-state index < -0.39 is 6.10 Å². The number of aromatic nitrogens is 2. The van der Waals surface area contributed by atoms with Crippen molar-refractivity contribution in [1.82, 2.24) is 20.2 Å². The summed E-state index contributed by atoms with van der Waals surface area (Å²) in [4.78, 5) is 26.8. The second-order valence-electron chi connectivity index (χ2n) is 10.7. The van der Waals surface area contributed by atoms with Crippen molar-refractivity contribution >= 4 is 11.7 Å². The third-order valence-electron chi connectivity index (χ3n) is 7.86. The number of amides is 1. The minimum absolute atomic E-state index is 0.0525. The first-order valence-electron chi connectivity index (χ1n) is 13.4. The Kier molecular flexibility index (Phi) is 7.65. The fraction of sp³-hybridized carbons (Fsp3) is 0.607. The van der Waals surface area contributed by atoms with E-state index in [1.807, 2.05) is 24.3 Å². The summed E-state index contributed by atoms with van der Waals surface area (Å²) in [5.41, 5.74) is 3.01. The van der Waals surface area contributed by atoms with Crippen molar-refractivity contribution < 1.29 is 19.4 Å². The van der Waals surface area contributed by atoms with Crippen LogP contribution >= 0.6 is 0 Å². The van der Waals surface area contributed by atoms with Gasteiger partial charge in [0.2, 0.25) is 5.91 Å². The highest BCUT2D eigenvalue weighted by Crippen LogP contribution is 2.45. The second kappa shape index (κ2) is 10.9. The molecule has 1 aromatic carbocycles. The van der Waals surface area contributed by atoms with Crippen LogP contribution in [0.3, 0.4) is 0 Å². The molecule has 1 aliphatic carbocycles. The van der Waals surface area contributed by atoms with Gasteiger partial charge in [-0.25, -0.2) is 9.97 Å². The molecule has 0 radical (unpaired) electrons. The maximum atomic E-state index is 12.3. The molecule has 2 saturated heterocycles. The van der Waals surface area contributed by atoms with Crippen LogP contribution in [0, 0.1) is 12.8 Å². The van der Waals surface area contributed by atoms with E-state index in [9.17, 15) is 9.90 Å². The Bertz CT molecular complexity index is 1120. The number of carbonyl (C=O) groups excluding carboxylic acids is 1. The molecule has 5 rings (SSSR count). The Balaban J connectivity index is 1.45. The first kappa shape index (κ1) is 25.9. The Hall–Kier alpha value is -2.75. The fourth-order valence-electron chi connectivity index (χ4n) is 5.64. The largest absolute Gasteiger partial charge is 0.491 e. The van der Waals surface area contributed by atoms with Gasteiger partial charge in [0.15, 0.2) is 5.82 Å². The molecule has 9 heteroatoms. The topological polar surface area (TPSA) is 100 Å². The standard InChI is InChI=1S/C28H39N5O4/c1-19-25(13-21-7-12-36-16-21)30-26(22-5-4-6-24(14-22)37-17-23(35)15-29-3)31-27(19)32-10-11-33(20(2)34)28(18-32)8-9-28/h4-6,14,21,23,29,35H,7-13,15-18H2,1-3H3/t21-,23?/m0/s1. The molecule has 2 N–H and O–H groups in total. The van der Waals surface area contributed by atoms with Crippen molar-refractivity contribution in [3.63, 3.8) is 0 Å². The average molecular weight is 510 g/mol. The lowest BCUT2D eigenvalue weighted by molar-refractivity contribution is -0.132. The van der Waals surface area contributed by atoms with Crippen LogP contribution in [0.15, 0.2) is 24.3 Å². The zero-order valence-electron chi connectivity index (χ0n) is 22.2. The molecule has 200 valence electrons. The highest BCUT2D eigenvalue weighted by molar-refractivity contribution is 5.75. The molecule has 1 spiro atoms. The minimum atomic E-state index is -0.584. The molecule has 1 aromatic heterocycles. The lowest BCUT2D eigenvalue weighted by atomic mass is 9.99. The molecular weight excluding hydrogens is 470 g/mol. The second-order valence-corrected chi connectivity index (χ2v) is 10.7. The zero-order chi connectivity index (χ0) is 26.0. The van der Waals surface area contributed by atoms with Gasteiger partial charge in [-0.3, -0.25) is 4.79 Å². The molecule has 2 aliphatic heterocycles. The van der Waals surface area contributed by atoms with Crippen LogP contribution in [-0.4, -0.2) is 90.6 Å². The van der Waals surface area contributed by atoms with E-state index in [2.05, 4.69) is 22.0 Å². The van der Waals surface area contributed by atoms with Gasteiger partial charge in [0.05, 0.1) is 5.54 Å². The van der Waals surface area contributed by atoms with Crippen LogP contribution in [0.25, 0.3) is 11.4 Å². The summed E-state index contributed by atoms with van der Waals surface area (Å²) in [6, 6.07) is 7.77. The summed E-state index contributed by atoms with van der Waals surface area (Å²) >= 11 is 0. The van der Waals surface area contributed by atoms with Gasteiger partial charge in [-0.15, -0.1) is 0 Å². The van der Waals surface area contributed by atoms with Crippen molar-refractivity contribution in [2.45, 2.75) is 51.2 Å². The van der Waals surface area contributed by atoms with Crippen molar-refractivity contribution in [2.75, 3.05) is 57.9 Å². The van der Waals surface area contributed by atoms with E-state index in [0.29, 0.717) is 24.0 Å². The highest BCUT2D eigenvalue weighted by atomic mass is 16.5. The highest BCUT2D eigenvalue weighted by Gasteiger charge is 2.52. The summed E-state index contributed by atoms with van der Waals surface area (Å²) in [7, 11) is 1.80. The number of benzene rings is 1. The maximum absolute atomic E-state index is 12.3. The van der Waals surface area contributed by atoms with Crippen LogP contribution in [0.1, 0.15) is 37.4 Å². The predicted molar refractivity (Wildman–Crippen MR) is 142 cm³/mol. The Morgan fingerprint density at radius 1 is 1.32 bits per heavy atom. The molecule has 2 atom stereocenters. The van der Waals surface area contributed by atoms with Crippen LogP contribution in [0.2, 0.25) is 0 Å². The third kappa shape index (κ3) is 5.73. The number of anilines is 1. The van der Waals surface area contributed by atoms with Crippen LogP contribution in [-0.2, 0) is 16.0 Å². The number of piperazine rings is 1. The lowest BCUT2D eigenvalue weighted by Gasteiger charge is -2.43. The normalized spacial score (nSPS) is 21.4. The van der Waals surface area contributed by atoms with Gasteiger partial charge in [0, 0.05) is 63.1 Å². The Morgan fingerprint density at radius 3 is 2.86 bits per heavy atom. The Morgan fingerprint density at radius 2 is 2.16 bits per heavy atom. The molecule has 3 aliphatic rings. The van der Waals surface area contributed by atoms with Crippen LogP contribution < -0.4 is 15.0 Å². The molecule has 9 nitrogen and oxygen atoms in total. The van der Waals surface area contributed by atoms with Crippen LogP contribution in [0.5, 0.6) is 5.75 Å². The maximum Gasteiger partial charge on any atom is 0.220 e. The van der Waals surface area contributed by atoms with Crippen molar-refractivity contribution in [2.24, 2.45) is 5.92 Å². The third-order valence-corrected chi connectivity index (χ3v) is 7.86. The quantitative estimate of drug-likeness (QED) is 0.531. The molecule has 37 heavy (non-hydrogen) atoms. The van der Waals surface area contributed by atoms with E-state index in [0.717, 1.165) is 81.2 Å². The van der Waals surface area contributed by atoms with Gasteiger partial charge in [0.1, 0.15) is 24.3 Å². The number of nitrogens with zero attached hydrogens (tertiary/aromatic N) is 4. The number of nitrogens with one attached hydrogen (secondary N) is 1. The van der Waals surface area contributed by atoms with E-state index >= 15 is 0 Å². The van der Waals surface area contributed by atoms with Crippen molar-refractivity contribution in [3.05, 3.63) is 35.5 Å². The number of likely N-dealkylation sites (N-methyl/N-ethyl adjacent to an activating group) is 1. The van der Waals surface area contributed by atoms with Crippen LogP contribution in [0.4, 0.5) is 5.82 Å². The number of carbonyl (C=O) groups is 1. The fourth-order valence-corrected chi connectivity index (χ4v) is 5.64. The lowest BCUT2D eigenvalue weighted by Crippen LogP contribution is -2.57. The van der Waals surface area contributed by atoms with Gasteiger partial charge in [0.25, 0.3) is 0 Å². The van der Waals surface area contributed by atoms with Gasteiger partial charge in [-0.1, -0.05) is 12.1 Å². The zero-order valence-corrected chi connectivity index (χ0v) is 22.2. The van der Waals surface area contributed by atoms with Gasteiger partial charge < -0.3 is 29.7 Å². The van der Waals surface area contributed by atoms with E-state index in [1.54, 1.807) is 14.0 Å². The van der Waals surface area contributed by atoms with Gasteiger partial charge >= 0.3 is 0 Å². The van der Waals surface area contributed by atoms with E-state index in [4.69, 9.17) is 19.4 Å². The first-order valence-corrected chi connectivity index (χ1v) is 13.4. The van der Waals surface area contributed by atoms with Gasteiger partial charge in [-0.2, -0.15) is 0 Å². The van der Waals surface area contributed by atoms with Crippen molar-refractivity contribution in [1.29, 1.82) is 0 Å². The molecule has 1 amide bonds. The predicted octanol–water partition coefficient (Wildman–Crippen LogP) is 2.19. The smallest absolute Gasteiger partial charge is 0.220 e. The molecule has 3 heterocycles. The van der Waals surface area contributed by atoms with E-state index in [1.165, 1.54) is 0 Å². The first-order chi connectivity index (χ1) is 17.9. The Labute approximate surface area is 219 Å². The number of ether oxygens (including phenoxy) is 2. The SMILES string of the molecule is CNCC(O)COc1cccc(-c2nc(C[C@@H]3CCOC3)c(C)c(N3CCN(C(C)=O)C4(CC4)C3)n2)c1. The van der Waals surface area contributed by atoms with Crippen molar-refractivity contribution in [3.8, 4) is 17.1 Å². The summed E-state index contributed by atoms with van der Waals surface area (Å²) in [6.07, 6.45) is 3.42. The van der Waals surface area contributed by atoms with E-state index in [-0.39, 0.29) is 18.1 Å². The molecule has 1 saturated carbocycles. The number of aliphatic hydroxyl groups excluding tert-OH is 1. The average Bonchev–Trinajstić information content (AvgIpc) is 3.43. The number of rotatable bonds is 9. The summed E-state index contributed by atoms with van der Waals surface area (Å²) in [6.45, 7) is 8.35. The summed E-state index contributed by atoms with van der Waals surface area (Å²) < 4.78 is 11.5.